The zero-order chi connectivity index (χ0) is 18.6. The summed E-state index contributed by atoms with van der Waals surface area (Å²) in [5.74, 6) is 4.03. The van der Waals surface area contributed by atoms with E-state index in [2.05, 4.69) is 37.2 Å². The predicted molar refractivity (Wildman–Crippen MR) is 108 cm³/mol. The highest BCUT2D eigenvalue weighted by atomic mass is 16.5. The van der Waals surface area contributed by atoms with Crippen LogP contribution in [0, 0.1) is 35.0 Å². The van der Waals surface area contributed by atoms with Crippen LogP contribution in [0.5, 0.6) is 0 Å². The lowest BCUT2D eigenvalue weighted by Gasteiger charge is -2.59. The van der Waals surface area contributed by atoms with Gasteiger partial charge in [0, 0.05) is 5.41 Å². The maximum Gasteiger partial charge on any atom is 0.0926 e. The maximum atomic E-state index is 9.27. The van der Waals surface area contributed by atoms with Gasteiger partial charge in [-0.05, 0) is 87.0 Å². The highest BCUT2D eigenvalue weighted by Crippen LogP contribution is 2.69. The maximum absolute atomic E-state index is 9.27. The number of hydrogen-bond donors (Lipinski definition) is 1. The number of allylic oxidation sites excluding steroid dienone is 2. The largest absolute Gasteiger partial charge is 0.411 e. The summed E-state index contributed by atoms with van der Waals surface area (Å²) in [5.41, 5.74) is 2.89. The summed E-state index contributed by atoms with van der Waals surface area (Å²) in [7, 11) is 0. The van der Waals surface area contributed by atoms with Crippen LogP contribution in [0.3, 0.4) is 0 Å². The van der Waals surface area contributed by atoms with Gasteiger partial charge in [-0.25, -0.2) is 0 Å². The van der Waals surface area contributed by atoms with E-state index in [-0.39, 0.29) is 5.60 Å². The van der Waals surface area contributed by atoms with Gasteiger partial charge in [0.25, 0.3) is 0 Å². The monoisotopic (exact) mass is 369 g/mol. The van der Waals surface area contributed by atoms with Gasteiger partial charge in [0.2, 0.25) is 0 Å². The molecule has 4 unspecified atom stereocenters. The van der Waals surface area contributed by atoms with E-state index in [0.717, 1.165) is 48.3 Å². The molecule has 3 saturated carbocycles. The molecule has 5 rings (SSSR count). The van der Waals surface area contributed by atoms with Crippen LogP contribution in [0.2, 0.25) is 0 Å². The van der Waals surface area contributed by atoms with Crippen LogP contribution < -0.4 is 0 Å². The first-order chi connectivity index (χ1) is 13.2. The molecule has 7 atom stereocenters. The molecule has 1 aliphatic heterocycles. The van der Waals surface area contributed by atoms with Gasteiger partial charge >= 0.3 is 0 Å². The summed E-state index contributed by atoms with van der Waals surface area (Å²) >= 11 is 0. The van der Waals surface area contributed by atoms with Crippen molar-refractivity contribution in [3.8, 4) is 0 Å². The Morgan fingerprint density at radius 1 is 1.22 bits per heavy atom. The van der Waals surface area contributed by atoms with Gasteiger partial charge in [0.1, 0.15) is 0 Å². The highest BCUT2D eigenvalue weighted by molar-refractivity contribution is 5.96. The summed E-state index contributed by atoms with van der Waals surface area (Å²) in [6.45, 7) is 5.64. The molecule has 1 heterocycles. The van der Waals surface area contributed by atoms with E-state index in [1.165, 1.54) is 51.4 Å². The van der Waals surface area contributed by atoms with Crippen LogP contribution in [0.4, 0.5) is 0 Å². The molecule has 0 aromatic rings. The fourth-order valence-corrected chi connectivity index (χ4v) is 8.43. The van der Waals surface area contributed by atoms with Gasteiger partial charge in [-0.1, -0.05) is 43.1 Å². The van der Waals surface area contributed by atoms with Gasteiger partial charge in [-0.2, -0.15) is 0 Å². The summed E-state index contributed by atoms with van der Waals surface area (Å²) in [6.07, 6.45) is 18.2. The first-order valence-corrected chi connectivity index (χ1v) is 11.4. The van der Waals surface area contributed by atoms with Crippen LogP contribution in [-0.4, -0.2) is 23.1 Å². The first-order valence-electron chi connectivity index (χ1n) is 11.4. The number of fused-ring (bicyclic) bond motifs is 6. The molecule has 1 N–H and O–H groups in total. The van der Waals surface area contributed by atoms with Crippen LogP contribution in [0.15, 0.2) is 29.0 Å². The quantitative estimate of drug-likeness (QED) is 0.383. The minimum Gasteiger partial charge on any atom is -0.411 e. The van der Waals surface area contributed by atoms with Crippen molar-refractivity contribution in [1.29, 1.82) is 0 Å². The second kappa shape index (κ2) is 6.47. The highest BCUT2D eigenvalue weighted by Gasteiger charge is 2.65. The number of nitrogens with zero attached hydrogens (tertiary/aromatic N) is 1. The molecule has 0 radical (unpaired) electrons. The van der Waals surface area contributed by atoms with Crippen molar-refractivity contribution in [1.82, 2.24) is 0 Å². The molecule has 5 aliphatic rings. The number of ether oxygens (including phenoxy) is 1. The minimum absolute atomic E-state index is 0.0368. The van der Waals surface area contributed by atoms with E-state index in [1.807, 2.05) is 0 Å². The van der Waals surface area contributed by atoms with E-state index in [4.69, 9.17) is 4.74 Å². The van der Waals surface area contributed by atoms with Crippen molar-refractivity contribution in [2.24, 2.45) is 40.2 Å². The molecule has 0 aromatic carbocycles. The lowest BCUT2D eigenvalue weighted by Crippen LogP contribution is -2.55. The van der Waals surface area contributed by atoms with Gasteiger partial charge in [0.05, 0.1) is 17.9 Å². The van der Waals surface area contributed by atoms with Crippen molar-refractivity contribution in [3.63, 3.8) is 0 Å². The molecule has 0 saturated heterocycles. The topological polar surface area (TPSA) is 41.8 Å². The third-order valence-electron chi connectivity index (χ3n) is 9.47. The molecule has 27 heavy (non-hydrogen) atoms. The van der Waals surface area contributed by atoms with Crippen molar-refractivity contribution in [2.45, 2.75) is 77.2 Å². The predicted octanol–water partition coefficient (Wildman–Crippen LogP) is 5.74. The smallest absolute Gasteiger partial charge is 0.0926 e. The van der Waals surface area contributed by atoms with E-state index in [1.54, 1.807) is 5.57 Å². The standard InChI is InChI=1S/C24H35NO2/c1-3-16-14-17-15-18(25-26)6-7-19(17)20-8-11-23(4-2)21(22(16)20)9-12-24(23)10-5-13-27-24/h5,10,15-16,19-22,26H,3-4,6-9,11-14H2,1-2H3/b25-18+/t16?,19-,20?,21?,22?,23-,24-/m0/s1. The summed E-state index contributed by atoms with van der Waals surface area (Å²) in [5, 5.41) is 12.8. The molecule has 148 valence electrons. The fraction of sp³-hybridized carbons (Fsp3) is 0.792. The van der Waals surface area contributed by atoms with Gasteiger partial charge in [0.15, 0.2) is 0 Å². The average Bonchev–Trinajstić information content (AvgIpc) is 3.33. The summed E-state index contributed by atoms with van der Waals surface area (Å²) < 4.78 is 6.48. The van der Waals surface area contributed by atoms with Crippen molar-refractivity contribution in [3.05, 3.63) is 23.8 Å². The Labute approximate surface area is 163 Å². The second-order valence-corrected chi connectivity index (χ2v) is 9.87. The third kappa shape index (κ3) is 2.33. The lowest BCUT2D eigenvalue weighted by molar-refractivity contribution is -0.132. The zero-order valence-corrected chi connectivity index (χ0v) is 17.0. The van der Waals surface area contributed by atoms with E-state index in [0.29, 0.717) is 5.41 Å². The molecule has 0 amide bonds. The molecular weight excluding hydrogens is 334 g/mol. The molecule has 1 spiro atoms. The van der Waals surface area contributed by atoms with Gasteiger partial charge < -0.3 is 9.94 Å². The molecular formula is C24H35NO2. The van der Waals surface area contributed by atoms with Crippen LogP contribution in [-0.2, 0) is 4.74 Å². The zero-order valence-electron chi connectivity index (χ0n) is 17.0. The first kappa shape index (κ1) is 18.0. The Kier molecular flexibility index (Phi) is 4.31. The Balaban J connectivity index is 1.53. The van der Waals surface area contributed by atoms with E-state index >= 15 is 0 Å². The Hall–Kier alpha value is -1.09. The molecule has 0 aromatic heterocycles. The van der Waals surface area contributed by atoms with E-state index < -0.39 is 0 Å². The van der Waals surface area contributed by atoms with E-state index in [9.17, 15) is 5.21 Å². The molecule has 4 aliphatic carbocycles. The third-order valence-corrected chi connectivity index (χ3v) is 9.47. The number of rotatable bonds is 2. The SMILES string of the molecule is CCC1CC2=C/C(=N/O)CC[C@@H]2C2CC[C@@]3(CC)C(CC[C@@]34C=CCO4)C12. The van der Waals surface area contributed by atoms with Crippen molar-refractivity contribution >= 4 is 5.71 Å². The number of hydrogen-bond acceptors (Lipinski definition) is 3. The summed E-state index contributed by atoms with van der Waals surface area (Å²) in [4.78, 5) is 0. The van der Waals surface area contributed by atoms with Crippen molar-refractivity contribution < 1.29 is 9.94 Å². The Bertz CT molecular complexity index is 694. The Morgan fingerprint density at radius 2 is 2.11 bits per heavy atom. The van der Waals surface area contributed by atoms with Crippen LogP contribution in [0.1, 0.15) is 71.6 Å². The second-order valence-electron chi connectivity index (χ2n) is 9.87. The van der Waals surface area contributed by atoms with Gasteiger partial charge in [-0.3, -0.25) is 0 Å². The normalized spacial score (nSPS) is 49.8. The Morgan fingerprint density at radius 3 is 2.81 bits per heavy atom. The average molecular weight is 370 g/mol. The molecule has 3 heteroatoms. The van der Waals surface area contributed by atoms with Crippen molar-refractivity contribution in [2.75, 3.05) is 6.61 Å². The number of oxime groups is 1. The van der Waals surface area contributed by atoms with Gasteiger partial charge in [-0.15, -0.1) is 0 Å². The molecule has 3 fully saturated rings. The fourth-order valence-electron chi connectivity index (χ4n) is 8.43. The summed E-state index contributed by atoms with van der Waals surface area (Å²) in [6, 6.07) is 0. The van der Waals surface area contributed by atoms with Crippen LogP contribution >= 0.6 is 0 Å². The van der Waals surface area contributed by atoms with Crippen LogP contribution in [0.25, 0.3) is 0 Å². The minimum atomic E-state index is 0.0368. The molecule has 3 nitrogen and oxygen atoms in total. The molecule has 0 bridgehead atoms. The lowest BCUT2D eigenvalue weighted by atomic mass is 9.47.